The first-order chi connectivity index (χ1) is 12.4. The number of carbonyl (C=O) groups is 1. The number of aromatic nitrogens is 3. The van der Waals surface area contributed by atoms with Crippen LogP contribution >= 0.6 is 0 Å². The minimum absolute atomic E-state index is 0.00528. The second-order valence-electron chi connectivity index (χ2n) is 5.71. The van der Waals surface area contributed by atoms with E-state index in [2.05, 4.69) is 20.3 Å². The standard InChI is InChI=1S/C16H17N5O4S/c17-15-19-13(20-16(21-15)18-12-4-2-1-3-5-12)9-25-14(22)8-11-6-7-26(23,24)10-11/h1-7,11H,8-10H2,(H3,17,18,19,20,21). The average Bonchev–Trinajstić information content (AvgIpc) is 2.92. The predicted octanol–water partition coefficient (Wildman–Crippen LogP) is 1.19. The lowest BCUT2D eigenvalue weighted by Gasteiger charge is -2.09. The highest BCUT2D eigenvalue weighted by molar-refractivity contribution is 7.94. The molecule has 1 aliphatic rings. The van der Waals surface area contributed by atoms with Gasteiger partial charge in [0.15, 0.2) is 22.3 Å². The highest BCUT2D eigenvalue weighted by Gasteiger charge is 2.24. The number of sulfone groups is 1. The summed E-state index contributed by atoms with van der Waals surface area (Å²) in [5.74, 6) is -0.557. The lowest BCUT2D eigenvalue weighted by molar-refractivity contribution is -0.145. The fourth-order valence-corrected chi connectivity index (χ4v) is 3.79. The monoisotopic (exact) mass is 375 g/mol. The zero-order valence-electron chi connectivity index (χ0n) is 13.7. The third kappa shape index (κ3) is 4.99. The Balaban J connectivity index is 1.58. The fraction of sp³-hybridized carbons (Fsp3) is 0.250. The number of hydrogen-bond acceptors (Lipinski definition) is 9. The smallest absolute Gasteiger partial charge is 0.306 e. The number of para-hydroxylation sites is 1. The van der Waals surface area contributed by atoms with Gasteiger partial charge in [-0.05, 0) is 12.1 Å². The highest BCUT2D eigenvalue weighted by atomic mass is 32.2. The molecule has 0 aliphatic carbocycles. The number of nitrogen functional groups attached to an aromatic ring is 1. The minimum Gasteiger partial charge on any atom is -0.457 e. The lowest BCUT2D eigenvalue weighted by Crippen LogP contribution is -2.15. The maximum atomic E-state index is 11.9. The van der Waals surface area contributed by atoms with Crippen molar-refractivity contribution in [2.45, 2.75) is 13.0 Å². The van der Waals surface area contributed by atoms with Crippen LogP contribution in [-0.4, -0.2) is 35.1 Å². The van der Waals surface area contributed by atoms with Crippen LogP contribution in [0.5, 0.6) is 0 Å². The highest BCUT2D eigenvalue weighted by Crippen LogP contribution is 2.19. The molecule has 1 atom stereocenters. The van der Waals surface area contributed by atoms with Crippen LogP contribution in [-0.2, 0) is 26.0 Å². The van der Waals surface area contributed by atoms with Crippen LogP contribution in [0.25, 0.3) is 0 Å². The van der Waals surface area contributed by atoms with Gasteiger partial charge in [0, 0.05) is 17.0 Å². The quantitative estimate of drug-likeness (QED) is 0.713. The number of esters is 1. The molecule has 0 spiro atoms. The van der Waals surface area contributed by atoms with Crippen LogP contribution in [0.15, 0.2) is 41.8 Å². The summed E-state index contributed by atoms with van der Waals surface area (Å²) < 4.78 is 27.8. The summed E-state index contributed by atoms with van der Waals surface area (Å²) in [7, 11) is -3.20. The lowest BCUT2D eigenvalue weighted by atomic mass is 10.1. The SMILES string of the molecule is Nc1nc(COC(=O)CC2C=CS(=O)(=O)C2)nc(Nc2ccccc2)n1. The Labute approximate surface area is 150 Å². The van der Waals surface area contributed by atoms with Crippen molar-refractivity contribution in [3.8, 4) is 0 Å². The third-order valence-corrected chi connectivity index (χ3v) is 4.99. The molecule has 10 heteroatoms. The van der Waals surface area contributed by atoms with E-state index >= 15 is 0 Å². The van der Waals surface area contributed by atoms with Gasteiger partial charge in [-0.3, -0.25) is 4.79 Å². The fourth-order valence-electron chi connectivity index (χ4n) is 2.39. The summed E-state index contributed by atoms with van der Waals surface area (Å²) in [5, 5.41) is 4.11. The first kappa shape index (κ1) is 17.8. The average molecular weight is 375 g/mol. The van der Waals surface area contributed by atoms with Gasteiger partial charge in [-0.25, -0.2) is 8.42 Å². The Kier molecular flexibility index (Phi) is 5.12. The maximum Gasteiger partial charge on any atom is 0.306 e. The summed E-state index contributed by atoms with van der Waals surface area (Å²) in [6.45, 7) is -0.182. The van der Waals surface area contributed by atoms with Gasteiger partial charge in [0.25, 0.3) is 0 Å². The van der Waals surface area contributed by atoms with Gasteiger partial charge in [0.2, 0.25) is 11.9 Å². The van der Waals surface area contributed by atoms with E-state index in [-0.39, 0.29) is 42.4 Å². The summed E-state index contributed by atoms with van der Waals surface area (Å²) in [6, 6.07) is 9.26. The molecule has 136 valence electrons. The first-order valence-corrected chi connectivity index (χ1v) is 9.50. The molecule has 0 bridgehead atoms. The van der Waals surface area contributed by atoms with E-state index in [4.69, 9.17) is 10.5 Å². The van der Waals surface area contributed by atoms with Crippen molar-refractivity contribution in [2.24, 2.45) is 5.92 Å². The van der Waals surface area contributed by atoms with Crippen LogP contribution in [0, 0.1) is 5.92 Å². The molecule has 3 rings (SSSR count). The zero-order chi connectivity index (χ0) is 18.6. The van der Waals surface area contributed by atoms with Crippen LogP contribution < -0.4 is 11.1 Å². The molecule has 0 saturated carbocycles. The molecular weight excluding hydrogens is 358 g/mol. The molecule has 2 heterocycles. The molecule has 9 nitrogen and oxygen atoms in total. The number of anilines is 3. The van der Waals surface area contributed by atoms with Crippen molar-refractivity contribution in [1.29, 1.82) is 0 Å². The molecule has 0 saturated heterocycles. The van der Waals surface area contributed by atoms with Crippen LogP contribution in [0.4, 0.5) is 17.6 Å². The van der Waals surface area contributed by atoms with E-state index in [1.165, 1.54) is 6.08 Å². The van der Waals surface area contributed by atoms with Gasteiger partial charge in [-0.2, -0.15) is 15.0 Å². The molecule has 1 aromatic carbocycles. The van der Waals surface area contributed by atoms with Crippen LogP contribution in [0.2, 0.25) is 0 Å². The molecule has 0 fully saturated rings. The summed E-state index contributed by atoms with van der Waals surface area (Å²) >= 11 is 0. The van der Waals surface area contributed by atoms with Crippen LogP contribution in [0.3, 0.4) is 0 Å². The molecule has 1 unspecified atom stereocenters. The Bertz CT molecular complexity index is 931. The third-order valence-electron chi connectivity index (χ3n) is 3.52. The molecule has 1 aliphatic heterocycles. The summed E-state index contributed by atoms with van der Waals surface area (Å²) in [4.78, 5) is 23.9. The minimum atomic E-state index is -3.20. The van der Waals surface area contributed by atoms with Crippen molar-refractivity contribution in [2.75, 3.05) is 16.8 Å². The van der Waals surface area contributed by atoms with Gasteiger partial charge >= 0.3 is 5.97 Å². The van der Waals surface area contributed by atoms with Gasteiger partial charge in [-0.1, -0.05) is 24.3 Å². The van der Waals surface area contributed by atoms with Crippen molar-refractivity contribution in [3.05, 3.63) is 47.6 Å². The predicted molar refractivity (Wildman–Crippen MR) is 94.8 cm³/mol. The van der Waals surface area contributed by atoms with E-state index in [1.807, 2.05) is 30.3 Å². The number of carbonyl (C=O) groups excluding carboxylic acids is 1. The van der Waals surface area contributed by atoms with Crippen molar-refractivity contribution < 1.29 is 17.9 Å². The molecule has 0 radical (unpaired) electrons. The maximum absolute atomic E-state index is 11.9. The van der Waals surface area contributed by atoms with E-state index in [0.29, 0.717) is 0 Å². The number of nitrogens with one attached hydrogen (secondary N) is 1. The number of hydrogen-bond donors (Lipinski definition) is 2. The van der Waals surface area contributed by atoms with E-state index in [1.54, 1.807) is 0 Å². The molecule has 3 N–H and O–H groups in total. The van der Waals surface area contributed by atoms with E-state index < -0.39 is 15.8 Å². The van der Waals surface area contributed by atoms with Gasteiger partial charge in [-0.15, -0.1) is 0 Å². The van der Waals surface area contributed by atoms with Crippen molar-refractivity contribution in [3.63, 3.8) is 0 Å². The molecule has 26 heavy (non-hydrogen) atoms. The number of nitrogens with zero attached hydrogens (tertiary/aromatic N) is 3. The Morgan fingerprint density at radius 2 is 2.00 bits per heavy atom. The second kappa shape index (κ2) is 7.48. The number of allylic oxidation sites excluding steroid dienone is 1. The molecular formula is C16H17N5O4S. The summed E-state index contributed by atoms with van der Waals surface area (Å²) in [5.41, 5.74) is 6.44. The zero-order valence-corrected chi connectivity index (χ0v) is 14.5. The second-order valence-corrected chi connectivity index (χ2v) is 7.64. The largest absolute Gasteiger partial charge is 0.457 e. The van der Waals surface area contributed by atoms with Gasteiger partial charge in [0.05, 0.1) is 12.2 Å². The van der Waals surface area contributed by atoms with Crippen molar-refractivity contribution >= 4 is 33.4 Å². The topological polar surface area (TPSA) is 137 Å². The van der Waals surface area contributed by atoms with E-state index in [0.717, 1.165) is 11.1 Å². The molecule has 0 amide bonds. The van der Waals surface area contributed by atoms with Gasteiger partial charge in [0.1, 0.15) is 0 Å². The number of rotatable bonds is 6. The summed E-state index contributed by atoms with van der Waals surface area (Å²) in [6.07, 6.45) is 1.48. The number of benzene rings is 1. The Morgan fingerprint density at radius 1 is 1.23 bits per heavy atom. The number of ether oxygens (including phenoxy) is 1. The molecule has 2 aromatic rings. The Hall–Kier alpha value is -3.01. The van der Waals surface area contributed by atoms with Crippen LogP contribution in [0.1, 0.15) is 12.2 Å². The normalized spacial score (nSPS) is 17.8. The van der Waals surface area contributed by atoms with E-state index in [9.17, 15) is 13.2 Å². The number of nitrogens with two attached hydrogens (primary N) is 1. The molecule has 1 aromatic heterocycles. The van der Waals surface area contributed by atoms with Gasteiger partial charge < -0.3 is 15.8 Å². The first-order valence-electron chi connectivity index (χ1n) is 7.79. The van der Waals surface area contributed by atoms with Crippen molar-refractivity contribution in [1.82, 2.24) is 15.0 Å². The Morgan fingerprint density at radius 3 is 2.69 bits per heavy atom.